The second kappa shape index (κ2) is 9.59. The minimum Gasteiger partial charge on any atom is -0.337 e. The van der Waals surface area contributed by atoms with E-state index in [1.54, 1.807) is 30.3 Å². The third-order valence-corrected chi connectivity index (χ3v) is 6.79. The lowest BCUT2D eigenvalue weighted by Gasteiger charge is -2.38. The van der Waals surface area contributed by atoms with Crippen molar-refractivity contribution >= 4 is 29.1 Å². The Morgan fingerprint density at radius 1 is 0.969 bits per heavy atom. The highest BCUT2D eigenvalue weighted by Crippen LogP contribution is 2.35. The molecule has 4 rings (SSSR count). The van der Waals surface area contributed by atoms with E-state index in [1.807, 2.05) is 4.90 Å². The van der Waals surface area contributed by atoms with E-state index in [4.69, 9.17) is 23.2 Å². The number of benzene rings is 2. The van der Waals surface area contributed by atoms with Crippen LogP contribution in [0.2, 0.25) is 10.0 Å². The third kappa shape index (κ3) is 5.39. The highest BCUT2D eigenvalue weighted by Gasteiger charge is 2.34. The molecular formula is C23H24Cl2F3N3O. The number of likely N-dealkylation sites (tertiary alicyclic amines) is 1. The average Bonchev–Trinajstić information content (AvgIpc) is 3.25. The molecule has 2 aliphatic rings. The quantitative estimate of drug-likeness (QED) is 0.606. The van der Waals surface area contributed by atoms with Crippen molar-refractivity contribution < 1.29 is 18.0 Å². The molecule has 0 unspecified atom stereocenters. The zero-order chi connectivity index (χ0) is 22.9. The number of carbonyl (C=O) groups excluding carboxylic acids is 1. The van der Waals surface area contributed by atoms with Gasteiger partial charge in [-0.05, 0) is 48.4 Å². The highest BCUT2D eigenvalue weighted by atomic mass is 35.5. The maximum atomic E-state index is 13.1. The van der Waals surface area contributed by atoms with E-state index in [0.717, 1.165) is 45.2 Å². The van der Waals surface area contributed by atoms with Crippen molar-refractivity contribution in [1.82, 2.24) is 14.7 Å². The summed E-state index contributed by atoms with van der Waals surface area (Å²) in [5.74, 6) is 0.0195. The second-order valence-corrected chi connectivity index (χ2v) is 9.17. The Balaban J connectivity index is 1.29. The van der Waals surface area contributed by atoms with Crippen LogP contribution < -0.4 is 0 Å². The monoisotopic (exact) mass is 485 g/mol. The first-order chi connectivity index (χ1) is 15.2. The van der Waals surface area contributed by atoms with Crippen LogP contribution in [-0.4, -0.2) is 65.9 Å². The number of nitrogens with zero attached hydrogens (tertiary/aromatic N) is 3. The molecule has 172 valence electrons. The fourth-order valence-corrected chi connectivity index (χ4v) is 4.78. The van der Waals surface area contributed by atoms with Crippen LogP contribution in [0.3, 0.4) is 0 Å². The topological polar surface area (TPSA) is 26.8 Å². The Morgan fingerprint density at radius 2 is 1.66 bits per heavy atom. The molecule has 0 spiro atoms. The molecule has 0 bridgehead atoms. The molecule has 0 aromatic heterocycles. The van der Waals surface area contributed by atoms with Crippen LogP contribution >= 0.6 is 23.2 Å². The molecule has 2 saturated heterocycles. The molecule has 0 saturated carbocycles. The standard InChI is InChI=1S/C23H24Cl2F3N3O/c24-18-4-2-17(3-5-18)22(32)31-8-7-19(15-31)30-11-9-29(10-12-30)14-16-1-6-21(25)20(13-16)23(26,27)28/h1-6,13,19H,7-12,14-15H2/t19-/m1/s1. The number of halogens is 5. The lowest BCUT2D eigenvalue weighted by atomic mass is 10.1. The van der Waals surface area contributed by atoms with Gasteiger partial charge in [0.05, 0.1) is 10.6 Å². The number of carbonyl (C=O) groups is 1. The van der Waals surface area contributed by atoms with Crippen molar-refractivity contribution in [3.8, 4) is 0 Å². The Kier molecular flexibility index (Phi) is 7.00. The van der Waals surface area contributed by atoms with Gasteiger partial charge in [-0.3, -0.25) is 14.6 Å². The molecule has 2 fully saturated rings. The van der Waals surface area contributed by atoms with E-state index in [0.29, 0.717) is 35.3 Å². The smallest absolute Gasteiger partial charge is 0.337 e. The predicted octanol–water partition coefficient (Wildman–Crippen LogP) is 5.04. The molecule has 2 aromatic rings. The van der Waals surface area contributed by atoms with Gasteiger partial charge < -0.3 is 4.90 Å². The zero-order valence-corrected chi connectivity index (χ0v) is 18.9. The first-order valence-corrected chi connectivity index (χ1v) is 11.3. The summed E-state index contributed by atoms with van der Waals surface area (Å²) >= 11 is 11.6. The van der Waals surface area contributed by atoms with E-state index in [-0.39, 0.29) is 10.9 Å². The Bertz CT molecular complexity index is 960. The molecule has 2 aromatic carbocycles. The van der Waals surface area contributed by atoms with Crippen LogP contribution in [0.4, 0.5) is 13.2 Å². The van der Waals surface area contributed by atoms with Crippen molar-refractivity contribution in [3.63, 3.8) is 0 Å². The van der Waals surface area contributed by atoms with Crippen LogP contribution in [0.25, 0.3) is 0 Å². The van der Waals surface area contributed by atoms with E-state index in [2.05, 4.69) is 9.80 Å². The summed E-state index contributed by atoms with van der Waals surface area (Å²) in [6.07, 6.45) is -3.53. The Morgan fingerprint density at radius 3 is 2.31 bits per heavy atom. The molecule has 0 N–H and O–H groups in total. The number of alkyl halides is 3. The minimum absolute atomic E-state index is 0.0195. The largest absolute Gasteiger partial charge is 0.417 e. The first-order valence-electron chi connectivity index (χ1n) is 10.6. The molecular weight excluding hydrogens is 462 g/mol. The fourth-order valence-electron chi connectivity index (χ4n) is 4.43. The molecule has 0 radical (unpaired) electrons. The predicted molar refractivity (Wildman–Crippen MR) is 119 cm³/mol. The van der Waals surface area contributed by atoms with Crippen LogP contribution in [0.1, 0.15) is 27.9 Å². The summed E-state index contributed by atoms with van der Waals surface area (Å²) in [5, 5.41) is 0.331. The fraction of sp³-hybridized carbons (Fsp3) is 0.435. The Hall–Kier alpha value is -1.80. The summed E-state index contributed by atoms with van der Waals surface area (Å²) in [5.41, 5.74) is 0.462. The minimum atomic E-state index is -4.45. The third-order valence-electron chi connectivity index (χ3n) is 6.21. The molecule has 4 nitrogen and oxygen atoms in total. The van der Waals surface area contributed by atoms with Gasteiger partial charge in [-0.1, -0.05) is 29.3 Å². The summed E-state index contributed by atoms with van der Waals surface area (Å²) in [4.78, 5) is 19.2. The summed E-state index contributed by atoms with van der Waals surface area (Å²) in [6.45, 7) is 5.06. The Labute approximate surface area is 195 Å². The number of rotatable bonds is 4. The summed E-state index contributed by atoms with van der Waals surface area (Å²) in [7, 11) is 0. The maximum absolute atomic E-state index is 13.1. The molecule has 2 heterocycles. The molecule has 2 aliphatic heterocycles. The van der Waals surface area contributed by atoms with Crippen molar-refractivity contribution in [2.45, 2.75) is 25.2 Å². The normalized spacial score (nSPS) is 20.7. The SMILES string of the molecule is O=C(c1ccc(Cl)cc1)N1CC[C@@H](N2CCN(Cc3ccc(Cl)c(C(F)(F)F)c3)CC2)C1. The molecule has 1 amide bonds. The van der Waals surface area contributed by atoms with Gasteiger partial charge in [0.15, 0.2) is 0 Å². The molecule has 0 aliphatic carbocycles. The summed E-state index contributed by atoms with van der Waals surface area (Å²) in [6, 6.07) is 11.4. The van der Waals surface area contributed by atoms with Crippen molar-refractivity contribution in [2.24, 2.45) is 0 Å². The van der Waals surface area contributed by atoms with Crippen molar-refractivity contribution in [3.05, 3.63) is 69.2 Å². The van der Waals surface area contributed by atoms with Gasteiger partial charge in [-0.2, -0.15) is 13.2 Å². The zero-order valence-electron chi connectivity index (χ0n) is 17.4. The lowest BCUT2D eigenvalue weighted by molar-refractivity contribution is -0.137. The van der Waals surface area contributed by atoms with Gasteiger partial charge in [0, 0.05) is 62.4 Å². The van der Waals surface area contributed by atoms with Crippen LogP contribution in [0, 0.1) is 0 Å². The maximum Gasteiger partial charge on any atom is 0.417 e. The molecule has 32 heavy (non-hydrogen) atoms. The van der Waals surface area contributed by atoms with E-state index in [9.17, 15) is 18.0 Å². The number of amides is 1. The molecule has 9 heteroatoms. The number of hydrogen-bond donors (Lipinski definition) is 0. The van der Waals surface area contributed by atoms with E-state index < -0.39 is 11.7 Å². The van der Waals surface area contributed by atoms with Crippen LogP contribution in [0.5, 0.6) is 0 Å². The number of piperazine rings is 1. The van der Waals surface area contributed by atoms with Gasteiger partial charge >= 0.3 is 6.18 Å². The van der Waals surface area contributed by atoms with Gasteiger partial charge in [-0.25, -0.2) is 0 Å². The van der Waals surface area contributed by atoms with Crippen LogP contribution in [-0.2, 0) is 12.7 Å². The average molecular weight is 486 g/mol. The molecule has 1 atom stereocenters. The van der Waals surface area contributed by atoms with E-state index >= 15 is 0 Å². The van der Waals surface area contributed by atoms with Gasteiger partial charge in [0.2, 0.25) is 0 Å². The van der Waals surface area contributed by atoms with Gasteiger partial charge in [0.1, 0.15) is 0 Å². The summed E-state index contributed by atoms with van der Waals surface area (Å²) < 4.78 is 39.3. The highest BCUT2D eigenvalue weighted by molar-refractivity contribution is 6.31. The second-order valence-electron chi connectivity index (χ2n) is 8.32. The van der Waals surface area contributed by atoms with E-state index in [1.165, 1.54) is 6.07 Å². The van der Waals surface area contributed by atoms with Crippen molar-refractivity contribution in [1.29, 1.82) is 0 Å². The first kappa shape index (κ1) is 23.4. The van der Waals surface area contributed by atoms with Gasteiger partial charge in [0.25, 0.3) is 5.91 Å². The van der Waals surface area contributed by atoms with Gasteiger partial charge in [-0.15, -0.1) is 0 Å². The number of hydrogen-bond acceptors (Lipinski definition) is 3. The lowest BCUT2D eigenvalue weighted by Crippen LogP contribution is -2.50. The van der Waals surface area contributed by atoms with Crippen molar-refractivity contribution in [2.75, 3.05) is 39.3 Å². The van der Waals surface area contributed by atoms with Crippen LogP contribution in [0.15, 0.2) is 42.5 Å².